The number of hydrogen-bond acceptors (Lipinski definition) is 5. The summed E-state index contributed by atoms with van der Waals surface area (Å²) in [7, 11) is 0. The van der Waals surface area contributed by atoms with Crippen LogP contribution in [0.5, 0.6) is 0 Å². The number of benzene rings is 2. The molecule has 0 spiro atoms. The zero-order valence-electron chi connectivity index (χ0n) is 12.4. The second kappa shape index (κ2) is 10.2. The number of carboxylic acid groups (broad SMARTS) is 2. The Kier molecular flexibility index (Phi) is 10.0. The molecule has 0 radical (unpaired) electrons. The molecule has 0 bridgehead atoms. The quantitative estimate of drug-likeness (QED) is 0.290. The molecule has 0 unspecified atom stereocenters. The van der Waals surface area contributed by atoms with Crippen molar-refractivity contribution < 1.29 is 44.2 Å². The minimum atomic E-state index is -1.29. The third kappa shape index (κ3) is 5.96. The van der Waals surface area contributed by atoms with Crippen molar-refractivity contribution >= 4 is 28.4 Å². The van der Waals surface area contributed by atoms with Gasteiger partial charge in [0, 0.05) is 11.5 Å². The van der Waals surface area contributed by atoms with Gasteiger partial charge in [-0.1, -0.05) is 30.8 Å². The Morgan fingerprint density at radius 3 is 2.13 bits per heavy atom. The van der Waals surface area contributed by atoms with Crippen molar-refractivity contribution in [3.05, 3.63) is 72.2 Å². The van der Waals surface area contributed by atoms with Crippen LogP contribution in [0.2, 0.25) is 0 Å². The van der Waals surface area contributed by atoms with E-state index in [0.717, 1.165) is 6.08 Å². The summed E-state index contributed by atoms with van der Waals surface area (Å²) in [6.45, 7) is 2.90. The Hall–Kier alpha value is -2.60. The van der Waals surface area contributed by atoms with Crippen molar-refractivity contribution in [2.24, 2.45) is 0 Å². The second-order valence-electron chi connectivity index (χ2n) is 3.77. The first-order chi connectivity index (χ1) is 9.88. The van der Waals surface area contributed by atoms with Crippen molar-refractivity contribution in [1.82, 2.24) is 0 Å². The largest absolute Gasteiger partial charge is 2.00 e. The zero-order chi connectivity index (χ0) is 16.0. The fourth-order valence-electron chi connectivity index (χ4n) is 1.64. The average molecular weight is 369 g/mol. The number of hydrogen-bond donors (Lipinski definition) is 1. The van der Waals surface area contributed by atoms with Gasteiger partial charge in [-0.3, -0.25) is 10.1 Å². The van der Waals surface area contributed by atoms with E-state index in [1.807, 2.05) is 0 Å². The molecule has 7 nitrogen and oxygen atoms in total. The Morgan fingerprint density at radius 2 is 1.70 bits per heavy atom. The molecule has 0 saturated heterocycles. The summed E-state index contributed by atoms with van der Waals surface area (Å²) in [5, 5.41) is 29.9. The van der Waals surface area contributed by atoms with Crippen molar-refractivity contribution in [3.63, 3.8) is 0 Å². The summed E-state index contributed by atoms with van der Waals surface area (Å²) in [4.78, 5) is 30.2. The molecule has 23 heavy (non-hydrogen) atoms. The van der Waals surface area contributed by atoms with Gasteiger partial charge in [-0.05, 0) is 17.5 Å². The first-order valence-electron chi connectivity index (χ1n) is 5.61. The predicted octanol–water partition coefficient (Wildman–Crippen LogP) is 1.82. The van der Waals surface area contributed by atoms with E-state index in [2.05, 4.69) is 6.58 Å². The number of carbonyl (C=O) groups excluding carboxylic acids is 1. The summed E-state index contributed by atoms with van der Waals surface area (Å²) >= 11 is 0. The Labute approximate surface area is 145 Å². The Morgan fingerprint density at radius 1 is 1.17 bits per heavy atom. The smallest absolute Gasteiger partial charge is 0.545 e. The first-order valence-corrected chi connectivity index (χ1v) is 5.61. The van der Waals surface area contributed by atoms with E-state index in [0.29, 0.717) is 10.8 Å². The van der Waals surface area contributed by atoms with E-state index in [9.17, 15) is 14.9 Å². The van der Waals surface area contributed by atoms with Crippen LogP contribution in [0.4, 0.5) is 5.69 Å². The number of rotatable bonds is 3. The molecule has 116 valence electrons. The number of aliphatic carboxylic acids is 1. The SMILES string of the molecule is C=CC(=O)[O-].O=C(O)c1c([N+](=O)[O-])ccc2ccccc12.[CH3-].[Zn+2]. The Balaban J connectivity index is 0. The van der Waals surface area contributed by atoms with Gasteiger partial charge in [0.2, 0.25) is 0 Å². The fourth-order valence-corrected chi connectivity index (χ4v) is 1.64. The molecule has 0 aliphatic rings. The monoisotopic (exact) mass is 367 g/mol. The minimum Gasteiger partial charge on any atom is -0.545 e. The summed E-state index contributed by atoms with van der Waals surface area (Å²) in [5.74, 6) is -2.52. The molecule has 1 N–H and O–H groups in total. The van der Waals surface area contributed by atoms with Crippen molar-refractivity contribution in [2.45, 2.75) is 0 Å². The number of carbonyl (C=O) groups is 2. The molecular formula is C15H13NO6Zn. The van der Waals surface area contributed by atoms with Gasteiger partial charge in [-0.2, -0.15) is 0 Å². The van der Waals surface area contributed by atoms with E-state index in [1.165, 1.54) is 6.07 Å². The molecular weight excluding hydrogens is 356 g/mol. The molecule has 8 heteroatoms. The van der Waals surface area contributed by atoms with Crippen LogP contribution in [0.25, 0.3) is 10.8 Å². The number of nitro benzene ring substituents is 1. The summed E-state index contributed by atoms with van der Waals surface area (Å²) in [5.41, 5.74) is -0.644. The van der Waals surface area contributed by atoms with Gasteiger partial charge >= 0.3 is 25.4 Å². The molecule has 0 amide bonds. The normalized spacial score (nSPS) is 8.52. The second-order valence-corrected chi connectivity index (χ2v) is 3.77. The van der Waals surface area contributed by atoms with Gasteiger partial charge < -0.3 is 22.4 Å². The van der Waals surface area contributed by atoms with Crippen LogP contribution in [0.1, 0.15) is 10.4 Å². The Bertz CT molecular complexity index is 729. The molecule has 0 aliphatic heterocycles. The van der Waals surface area contributed by atoms with Crippen LogP contribution < -0.4 is 5.11 Å². The molecule has 0 aromatic heterocycles. The number of carboxylic acids is 2. The van der Waals surface area contributed by atoms with Gasteiger partial charge in [-0.15, -0.1) is 0 Å². The summed E-state index contributed by atoms with van der Waals surface area (Å²) < 4.78 is 0. The van der Waals surface area contributed by atoms with E-state index in [1.54, 1.807) is 30.3 Å². The third-order valence-corrected chi connectivity index (χ3v) is 2.48. The molecule has 0 aliphatic carbocycles. The topological polar surface area (TPSA) is 121 Å². The third-order valence-electron chi connectivity index (χ3n) is 2.48. The van der Waals surface area contributed by atoms with Gasteiger partial charge in [0.15, 0.2) is 0 Å². The van der Waals surface area contributed by atoms with Crippen LogP contribution >= 0.6 is 0 Å². The molecule has 2 rings (SSSR count). The molecule has 0 fully saturated rings. The van der Waals surface area contributed by atoms with E-state index < -0.39 is 16.9 Å². The van der Waals surface area contributed by atoms with E-state index >= 15 is 0 Å². The van der Waals surface area contributed by atoms with Crippen LogP contribution in [-0.4, -0.2) is 22.0 Å². The summed E-state index contributed by atoms with van der Waals surface area (Å²) in [6.07, 6.45) is 0.722. The molecule has 2 aromatic rings. The zero-order valence-corrected chi connectivity index (χ0v) is 15.4. The minimum absolute atomic E-state index is 0. The number of nitro groups is 1. The van der Waals surface area contributed by atoms with Crippen LogP contribution in [0.15, 0.2) is 49.1 Å². The summed E-state index contributed by atoms with van der Waals surface area (Å²) in [6, 6.07) is 9.43. The number of fused-ring (bicyclic) bond motifs is 1. The van der Waals surface area contributed by atoms with Crippen molar-refractivity contribution in [3.8, 4) is 0 Å². The van der Waals surface area contributed by atoms with Gasteiger partial charge in [0.25, 0.3) is 5.69 Å². The fraction of sp³-hybridized carbons (Fsp3) is 0. The molecule has 0 atom stereocenters. The van der Waals surface area contributed by atoms with E-state index in [-0.39, 0.29) is 38.2 Å². The maximum absolute atomic E-state index is 11.0. The van der Waals surface area contributed by atoms with Gasteiger partial charge in [0.05, 0.1) is 10.9 Å². The molecule has 0 saturated carbocycles. The van der Waals surface area contributed by atoms with Crippen LogP contribution in [0, 0.1) is 17.5 Å². The maximum atomic E-state index is 11.0. The van der Waals surface area contributed by atoms with Crippen LogP contribution in [-0.2, 0) is 24.3 Å². The standard InChI is InChI=1S/C11H7NO4.C3H4O2.CH3.Zn/c13-11(14)10-8-4-2-1-3-7(8)5-6-9(10)12(15)16;1-2-3(4)5;;/h1-6H,(H,13,14);2H,1H2,(H,4,5);1H3;/q;;-1;+2/p-1. The average Bonchev–Trinajstić information content (AvgIpc) is 2.46. The van der Waals surface area contributed by atoms with Crippen LogP contribution in [0.3, 0.4) is 0 Å². The molecule has 0 heterocycles. The van der Waals surface area contributed by atoms with Crippen molar-refractivity contribution in [1.29, 1.82) is 0 Å². The van der Waals surface area contributed by atoms with Crippen molar-refractivity contribution in [2.75, 3.05) is 0 Å². The molecule has 2 aromatic carbocycles. The van der Waals surface area contributed by atoms with E-state index in [4.69, 9.17) is 15.0 Å². The van der Waals surface area contributed by atoms with Gasteiger partial charge in [0.1, 0.15) is 5.56 Å². The predicted molar refractivity (Wildman–Crippen MR) is 79.2 cm³/mol. The first kappa shape index (κ1) is 22.7. The van der Waals surface area contributed by atoms with Gasteiger partial charge in [-0.25, -0.2) is 4.79 Å². The maximum Gasteiger partial charge on any atom is 2.00 e. The number of aromatic carboxylic acids is 1. The number of nitrogens with zero attached hydrogens (tertiary/aromatic N) is 1.